The summed E-state index contributed by atoms with van der Waals surface area (Å²) in [6, 6.07) is 7.99. The van der Waals surface area contributed by atoms with E-state index in [4.69, 9.17) is 9.57 Å². The lowest BCUT2D eigenvalue weighted by atomic mass is 10.1. The normalized spacial score (nSPS) is 19.8. The Hall–Kier alpha value is -3.13. The molecular weight excluding hydrogens is 386 g/mol. The number of para-hydroxylation sites is 1. The molecule has 2 fully saturated rings. The standard InChI is InChI=1S/C22H25N3O5/c26-20-10-11-21(27)25(20)30-22(28)24-14-12-23(13-15-24)16-17-6-4-5-9-19(17)29-18-7-2-1-3-8-18/h1-2,4-7,9H,3,8,10-16H2. The lowest BCUT2D eigenvalue weighted by Gasteiger charge is -2.34. The first-order valence-corrected chi connectivity index (χ1v) is 10.3. The van der Waals surface area contributed by atoms with Crippen LogP contribution in [0.1, 0.15) is 31.2 Å². The van der Waals surface area contributed by atoms with Crippen molar-refractivity contribution in [2.45, 2.75) is 32.2 Å². The van der Waals surface area contributed by atoms with Crippen molar-refractivity contribution in [3.63, 3.8) is 0 Å². The molecule has 3 aliphatic rings. The number of rotatable bonds is 5. The van der Waals surface area contributed by atoms with Gasteiger partial charge < -0.3 is 14.5 Å². The molecule has 3 amide bonds. The molecule has 1 aromatic carbocycles. The molecule has 2 heterocycles. The maximum atomic E-state index is 12.3. The summed E-state index contributed by atoms with van der Waals surface area (Å²) in [4.78, 5) is 44.3. The maximum absolute atomic E-state index is 12.3. The van der Waals surface area contributed by atoms with Crippen LogP contribution < -0.4 is 4.74 Å². The van der Waals surface area contributed by atoms with Crippen LogP contribution in [0.25, 0.3) is 0 Å². The number of hydrogen-bond acceptors (Lipinski definition) is 6. The minimum Gasteiger partial charge on any atom is -0.461 e. The summed E-state index contributed by atoms with van der Waals surface area (Å²) in [6.07, 6.45) is 7.55. The number of allylic oxidation sites excluding steroid dienone is 4. The van der Waals surface area contributed by atoms with Crippen molar-refractivity contribution in [1.82, 2.24) is 14.9 Å². The second-order valence-electron chi connectivity index (χ2n) is 7.51. The fourth-order valence-electron chi connectivity index (χ4n) is 3.66. The highest BCUT2D eigenvalue weighted by Crippen LogP contribution is 2.25. The number of carbonyl (C=O) groups is 3. The number of hydroxylamine groups is 2. The van der Waals surface area contributed by atoms with Gasteiger partial charge in [0.2, 0.25) is 0 Å². The largest absolute Gasteiger partial charge is 0.461 e. The third kappa shape index (κ3) is 4.71. The van der Waals surface area contributed by atoms with Crippen LogP contribution in [-0.4, -0.2) is 58.9 Å². The number of imide groups is 1. The third-order valence-electron chi connectivity index (χ3n) is 5.39. The number of piperazine rings is 1. The zero-order valence-electron chi connectivity index (χ0n) is 16.8. The molecule has 2 aliphatic heterocycles. The van der Waals surface area contributed by atoms with E-state index in [0.29, 0.717) is 37.8 Å². The van der Waals surface area contributed by atoms with Crippen LogP contribution in [0.5, 0.6) is 5.75 Å². The van der Waals surface area contributed by atoms with Crippen molar-refractivity contribution in [2.24, 2.45) is 0 Å². The highest BCUT2D eigenvalue weighted by atomic mass is 16.7. The Balaban J connectivity index is 1.30. The number of hydrogen-bond donors (Lipinski definition) is 0. The van der Waals surface area contributed by atoms with E-state index in [1.54, 1.807) is 0 Å². The molecule has 0 saturated carbocycles. The van der Waals surface area contributed by atoms with E-state index in [-0.39, 0.29) is 12.8 Å². The molecule has 158 valence electrons. The molecule has 8 heteroatoms. The SMILES string of the molecule is O=C(ON1C(=O)CCC1=O)N1CCN(Cc2ccccc2OC2=CC=CCC2)CC1. The van der Waals surface area contributed by atoms with Crippen LogP contribution in [-0.2, 0) is 21.0 Å². The minimum atomic E-state index is -0.653. The Morgan fingerprint density at radius 3 is 2.40 bits per heavy atom. The van der Waals surface area contributed by atoms with Crippen LogP contribution >= 0.6 is 0 Å². The highest BCUT2D eigenvalue weighted by molar-refractivity contribution is 6.01. The summed E-state index contributed by atoms with van der Waals surface area (Å²) in [6.45, 7) is 2.97. The molecule has 0 radical (unpaired) electrons. The van der Waals surface area contributed by atoms with Gasteiger partial charge in [-0.05, 0) is 18.6 Å². The number of amides is 3. The Morgan fingerprint density at radius 2 is 1.70 bits per heavy atom. The van der Waals surface area contributed by atoms with Crippen molar-refractivity contribution in [3.8, 4) is 5.75 Å². The van der Waals surface area contributed by atoms with E-state index in [9.17, 15) is 14.4 Å². The van der Waals surface area contributed by atoms with Crippen molar-refractivity contribution >= 4 is 17.9 Å². The predicted octanol–water partition coefficient (Wildman–Crippen LogP) is 2.62. The van der Waals surface area contributed by atoms with Gasteiger partial charge in [-0.15, -0.1) is 5.06 Å². The molecule has 0 unspecified atom stereocenters. The van der Waals surface area contributed by atoms with Crippen LogP contribution in [0.4, 0.5) is 4.79 Å². The monoisotopic (exact) mass is 411 g/mol. The van der Waals surface area contributed by atoms with Gasteiger partial charge in [0.05, 0.1) is 0 Å². The molecule has 4 rings (SSSR count). The quantitative estimate of drug-likeness (QED) is 0.693. The van der Waals surface area contributed by atoms with Crippen LogP contribution in [0, 0.1) is 0 Å². The van der Waals surface area contributed by atoms with Gasteiger partial charge in [0, 0.05) is 57.5 Å². The van der Waals surface area contributed by atoms with Gasteiger partial charge in [0.1, 0.15) is 11.5 Å². The zero-order chi connectivity index (χ0) is 20.9. The number of benzene rings is 1. The molecule has 0 bridgehead atoms. The van der Waals surface area contributed by atoms with E-state index in [1.165, 1.54) is 4.90 Å². The van der Waals surface area contributed by atoms with Gasteiger partial charge >= 0.3 is 6.09 Å². The molecule has 0 atom stereocenters. The van der Waals surface area contributed by atoms with Crippen LogP contribution in [0.3, 0.4) is 0 Å². The number of nitrogens with zero attached hydrogens (tertiary/aromatic N) is 3. The maximum Gasteiger partial charge on any atom is 0.434 e. The van der Waals surface area contributed by atoms with Gasteiger partial charge in [0.15, 0.2) is 0 Å². The van der Waals surface area contributed by atoms with Crippen molar-refractivity contribution in [1.29, 1.82) is 0 Å². The van der Waals surface area contributed by atoms with E-state index in [2.05, 4.69) is 17.0 Å². The minimum absolute atomic E-state index is 0.0918. The molecule has 0 aromatic heterocycles. The first-order chi connectivity index (χ1) is 14.6. The summed E-state index contributed by atoms with van der Waals surface area (Å²) < 4.78 is 6.11. The molecule has 1 aromatic rings. The third-order valence-corrected chi connectivity index (χ3v) is 5.39. The summed E-state index contributed by atoms with van der Waals surface area (Å²) in [5.41, 5.74) is 1.09. The lowest BCUT2D eigenvalue weighted by molar-refractivity contribution is -0.174. The summed E-state index contributed by atoms with van der Waals surface area (Å²) in [5.74, 6) is 0.884. The second-order valence-corrected chi connectivity index (χ2v) is 7.51. The summed E-state index contributed by atoms with van der Waals surface area (Å²) >= 11 is 0. The molecule has 0 spiro atoms. The van der Waals surface area contributed by atoms with E-state index in [1.807, 2.05) is 30.4 Å². The van der Waals surface area contributed by atoms with Crippen LogP contribution in [0.2, 0.25) is 0 Å². The number of carbonyl (C=O) groups excluding carboxylic acids is 3. The van der Waals surface area contributed by atoms with Gasteiger partial charge in [-0.2, -0.15) is 0 Å². The molecule has 2 saturated heterocycles. The second kappa shape index (κ2) is 9.13. The van der Waals surface area contributed by atoms with Gasteiger partial charge in [-0.1, -0.05) is 30.4 Å². The van der Waals surface area contributed by atoms with E-state index >= 15 is 0 Å². The number of ether oxygens (including phenoxy) is 1. The zero-order valence-corrected chi connectivity index (χ0v) is 16.8. The first kappa shape index (κ1) is 20.2. The Kier molecular flexibility index (Phi) is 6.13. The van der Waals surface area contributed by atoms with Gasteiger partial charge in [-0.25, -0.2) is 4.79 Å². The topological polar surface area (TPSA) is 79.4 Å². The fourth-order valence-corrected chi connectivity index (χ4v) is 3.66. The summed E-state index contributed by atoms with van der Waals surface area (Å²) in [5, 5.41) is 0.595. The molecule has 1 aliphatic carbocycles. The Morgan fingerprint density at radius 1 is 0.967 bits per heavy atom. The Labute approximate surface area is 175 Å². The molecule has 8 nitrogen and oxygen atoms in total. The van der Waals surface area contributed by atoms with Crippen molar-refractivity contribution in [3.05, 3.63) is 53.8 Å². The average Bonchev–Trinajstić information content (AvgIpc) is 3.08. The van der Waals surface area contributed by atoms with Crippen molar-refractivity contribution < 1.29 is 24.0 Å². The predicted molar refractivity (Wildman–Crippen MR) is 108 cm³/mol. The molecular formula is C22H25N3O5. The fraction of sp³-hybridized carbons (Fsp3) is 0.409. The molecule has 30 heavy (non-hydrogen) atoms. The van der Waals surface area contributed by atoms with Crippen molar-refractivity contribution in [2.75, 3.05) is 26.2 Å². The van der Waals surface area contributed by atoms with E-state index < -0.39 is 17.9 Å². The van der Waals surface area contributed by atoms with Crippen LogP contribution in [0.15, 0.2) is 48.3 Å². The van der Waals surface area contributed by atoms with Gasteiger partial charge in [-0.3, -0.25) is 14.5 Å². The first-order valence-electron chi connectivity index (χ1n) is 10.3. The lowest BCUT2D eigenvalue weighted by Crippen LogP contribution is -2.50. The highest BCUT2D eigenvalue weighted by Gasteiger charge is 2.34. The Bertz CT molecular complexity index is 871. The smallest absolute Gasteiger partial charge is 0.434 e. The summed E-state index contributed by atoms with van der Waals surface area (Å²) in [7, 11) is 0. The average molecular weight is 411 g/mol. The molecule has 0 N–H and O–H groups in total. The van der Waals surface area contributed by atoms with E-state index in [0.717, 1.165) is 29.9 Å². The van der Waals surface area contributed by atoms with Gasteiger partial charge in [0.25, 0.3) is 11.8 Å².